The lowest BCUT2D eigenvalue weighted by Crippen LogP contribution is -1.96. The molecule has 0 saturated carbocycles. The molecular formula is C20H30N2. The van der Waals surface area contributed by atoms with E-state index in [-0.39, 0.29) is 0 Å². The van der Waals surface area contributed by atoms with Gasteiger partial charge in [0.2, 0.25) is 0 Å². The van der Waals surface area contributed by atoms with Crippen molar-refractivity contribution in [2.24, 2.45) is 0 Å². The highest BCUT2D eigenvalue weighted by Crippen LogP contribution is 2.25. The van der Waals surface area contributed by atoms with Gasteiger partial charge in [-0.05, 0) is 53.4 Å². The van der Waals surface area contributed by atoms with Crippen molar-refractivity contribution in [1.29, 1.82) is 0 Å². The molecule has 120 valence electrons. The minimum Gasteiger partial charge on any atom is -0.399 e. The molecule has 4 N–H and O–H groups in total. The van der Waals surface area contributed by atoms with Gasteiger partial charge in [-0.1, -0.05) is 57.9 Å². The van der Waals surface area contributed by atoms with Gasteiger partial charge >= 0.3 is 0 Å². The van der Waals surface area contributed by atoms with Crippen molar-refractivity contribution in [3.63, 3.8) is 0 Å². The van der Waals surface area contributed by atoms with Crippen molar-refractivity contribution in [2.75, 3.05) is 11.5 Å². The molecule has 0 unspecified atom stereocenters. The number of rotatable bonds is 9. The first-order chi connectivity index (χ1) is 10.7. The van der Waals surface area contributed by atoms with Gasteiger partial charge in [0.25, 0.3) is 0 Å². The molecule has 0 aliphatic rings. The standard InChI is InChI=1S/C20H30N2/c1-2-3-4-5-6-7-8-9-10-17-13-18-14-19(21)12-11-16(18)15-20(17)22/h11-15H,2-10,21-22H2,1H3. The van der Waals surface area contributed by atoms with Crippen LogP contribution in [0.4, 0.5) is 11.4 Å². The van der Waals surface area contributed by atoms with E-state index in [1.807, 2.05) is 18.2 Å². The van der Waals surface area contributed by atoms with Gasteiger partial charge < -0.3 is 11.5 Å². The number of aryl methyl sites for hydroxylation is 1. The van der Waals surface area contributed by atoms with Crippen LogP contribution in [0, 0.1) is 0 Å². The fraction of sp³-hybridized carbons (Fsp3) is 0.500. The van der Waals surface area contributed by atoms with Crippen LogP contribution in [0.3, 0.4) is 0 Å². The lowest BCUT2D eigenvalue weighted by Gasteiger charge is -2.09. The van der Waals surface area contributed by atoms with Crippen LogP contribution in [0.2, 0.25) is 0 Å². The zero-order valence-electron chi connectivity index (χ0n) is 13.9. The fourth-order valence-electron chi connectivity index (χ4n) is 3.05. The molecule has 2 rings (SSSR count). The van der Waals surface area contributed by atoms with E-state index in [0.717, 1.165) is 17.8 Å². The van der Waals surface area contributed by atoms with E-state index < -0.39 is 0 Å². The van der Waals surface area contributed by atoms with Gasteiger partial charge in [-0.25, -0.2) is 0 Å². The number of nitrogen functional groups attached to an aromatic ring is 2. The summed E-state index contributed by atoms with van der Waals surface area (Å²) in [5.74, 6) is 0. The van der Waals surface area contributed by atoms with Gasteiger partial charge in [0.15, 0.2) is 0 Å². The molecule has 0 heterocycles. The first kappa shape index (κ1) is 16.7. The number of fused-ring (bicyclic) bond motifs is 1. The molecule has 0 saturated heterocycles. The molecule has 2 aromatic rings. The molecule has 0 radical (unpaired) electrons. The Balaban J connectivity index is 1.80. The molecule has 0 aliphatic carbocycles. The Morgan fingerprint density at radius 3 is 2.14 bits per heavy atom. The molecule has 0 spiro atoms. The summed E-state index contributed by atoms with van der Waals surface area (Å²) in [5.41, 5.74) is 15.1. The molecule has 0 atom stereocenters. The summed E-state index contributed by atoms with van der Waals surface area (Å²) in [6.45, 7) is 2.27. The molecule has 2 nitrogen and oxygen atoms in total. The minimum atomic E-state index is 0.815. The Morgan fingerprint density at radius 2 is 1.41 bits per heavy atom. The summed E-state index contributed by atoms with van der Waals surface area (Å²) in [4.78, 5) is 0. The van der Waals surface area contributed by atoms with Gasteiger partial charge in [-0.3, -0.25) is 0 Å². The van der Waals surface area contributed by atoms with Crippen LogP contribution in [-0.4, -0.2) is 0 Å². The van der Waals surface area contributed by atoms with Crippen molar-refractivity contribution in [2.45, 2.75) is 64.7 Å². The molecule has 0 fully saturated rings. The van der Waals surface area contributed by atoms with Crippen molar-refractivity contribution >= 4 is 22.1 Å². The lowest BCUT2D eigenvalue weighted by atomic mass is 9.99. The number of benzene rings is 2. The van der Waals surface area contributed by atoms with Crippen LogP contribution < -0.4 is 11.5 Å². The second kappa shape index (κ2) is 8.67. The van der Waals surface area contributed by atoms with E-state index in [1.54, 1.807) is 0 Å². The highest BCUT2D eigenvalue weighted by atomic mass is 14.6. The zero-order chi connectivity index (χ0) is 15.8. The quantitative estimate of drug-likeness (QED) is 0.461. The highest BCUT2D eigenvalue weighted by molar-refractivity contribution is 5.89. The van der Waals surface area contributed by atoms with Crippen LogP contribution in [0.1, 0.15) is 63.9 Å². The van der Waals surface area contributed by atoms with Gasteiger partial charge in [0.1, 0.15) is 0 Å². The maximum absolute atomic E-state index is 6.19. The molecule has 0 amide bonds. The average molecular weight is 298 g/mol. The lowest BCUT2D eigenvalue weighted by molar-refractivity contribution is 0.576. The van der Waals surface area contributed by atoms with Gasteiger partial charge in [0.05, 0.1) is 0 Å². The molecule has 0 aliphatic heterocycles. The van der Waals surface area contributed by atoms with E-state index in [0.29, 0.717) is 0 Å². The second-order valence-electron chi connectivity index (χ2n) is 6.38. The maximum atomic E-state index is 6.19. The maximum Gasteiger partial charge on any atom is 0.0352 e. The van der Waals surface area contributed by atoms with Gasteiger partial charge in [0, 0.05) is 11.4 Å². The van der Waals surface area contributed by atoms with E-state index in [2.05, 4.69) is 19.1 Å². The topological polar surface area (TPSA) is 52.0 Å². The normalized spacial score (nSPS) is 11.1. The molecule has 2 heteroatoms. The average Bonchev–Trinajstić information content (AvgIpc) is 2.50. The predicted octanol–water partition coefficient (Wildman–Crippen LogP) is 5.69. The number of unbranched alkanes of at least 4 members (excludes halogenated alkanes) is 7. The summed E-state index contributed by atoms with van der Waals surface area (Å²) < 4.78 is 0. The number of nitrogens with two attached hydrogens (primary N) is 2. The number of anilines is 2. The third-order valence-corrected chi connectivity index (χ3v) is 4.42. The highest BCUT2D eigenvalue weighted by Gasteiger charge is 2.03. The third-order valence-electron chi connectivity index (χ3n) is 4.42. The number of hydrogen-bond acceptors (Lipinski definition) is 2. The summed E-state index contributed by atoms with van der Waals surface area (Å²) in [7, 11) is 0. The molecule has 22 heavy (non-hydrogen) atoms. The Morgan fingerprint density at radius 1 is 0.727 bits per heavy atom. The molecule has 2 aromatic carbocycles. The van der Waals surface area contributed by atoms with Crippen molar-refractivity contribution in [3.05, 3.63) is 35.9 Å². The predicted molar refractivity (Wildman–Crippen MR) is 99.1 cm³/mol. The first-order valence-corrected chi connectivity index (χ1v) is 8.78. The van der Waals surface area contributed by atoms with E-state index >= 15 is 0 Å². The molecular weight excluding hydrogens is 268 g/mol. The van der Waals surface area contributed by atoms with Gasteiger partial charge in [-0.2, -0.15) is 0 Å². The smallest absolute Gasteiger partial charge is 0.0352 e. The first-order valence-electron chi connectivity index (χ1n) is 8.78. The van der Waals surface area contributed by atoms with Crippen LogP contribution >= 0.6 is 0 Å². The monoisotopic (exact) mass is 298 g/mol. The zero-order valence-corrected chi connectivity index (χ0v) is 13.9. The van der Waals surface area contributed by atoms with Crippen LogP contribution in [0.15, 0.2) is 30.3 Å². The van der Waals surface area contributed by atoms with Gasteiger partial charge in [-0.15, -0.1) is 0 Å². The number of hydrogen-bond donors (Lipinski definition) is 2. The largest absolute Gasteiger partial charge is 0.399 e. The Kier molecular flexibility index (Phi) is 6.57. The Labute approximate surface area is 134 Å². The molecule has 0 bridgehead atoms. The van der Waals surface area contributed by atoms with E-state index in [4.69, 9.17) is 11.5 Å². The Hall–Kier alpha value is -1.70. The summed E-state index contributed by atoms with van der Waals surface area (Å²) in [6.07, 6.45) is 11.8. The molecule has 0 aromatic heterocycles. The van der Waals surface area contributed by atoms with Crippen LogP contribution in [0.25, 0.3) is 10.8 Å². The summed E-state index contributed by atoms with van der Waals surface area (Å²) in [5, 5.41) is 2.37. The van der Waals surface area contributed by atoms with E-state index in [1.165, 1.54) is 67.7 Å². The van der Waals surface area contributed by atoms with E-state index in [9.17, 15) is 0 Å². The fourth-order valence-corrected chi connectivity index (χ4v) is 3.05. The van der Waals surface area contributed by atoms with Crippen molar-refractivity contribution in [3.8, 4) is 0 Å². The SMILES string of the molecule is CCCCCCCCCCc1cc2cc(N)ccc2cc1N. The third kappa shape index (κ3) is 4.94. The summed E-state index contributed by atoms with van der Waals surface area (Å²) in [6, 6.07) is 10.3. The minimum absolute atomic E-state index is 0.815. The van der Waals surface area contributed by atoms with Crippen molar-refractivity contribution in [1.82, 2.24) is 0 Å². The van der Waals surface area contributed by atoms with Crippen LogP contribution in [-0.2, 0) is 6.42 Å². The Bertz CT molecular complexity index is 590. The second-order valence-corrected chi connectivity index (χ2v) is 6.38. The van der Waals surface area contributed by atoms with Crippen molar-refractivity contribution < 1.29 is 0 Å². The summed E-state index contributed by atoms with van der Waals surface area (Å²) >= 11 is 0. The van der Waals surface area contributed by atoms with Crippen LogP contribution in [0.5, 0.6) is 0 Å².